The summed E-state index contributed by atoms with van der Waals surface area (Å²) in [6.07, 6.45) is 0. The lowest BCUT2D eigenvalue weighted by Gasteiger charge is -2.19. The summed E-state index contributed by atoms with van der Waals surface area (Å²) in [5.74, 6) is 0. The molecule has 0 fully saturated rings. The molecule has 0 heterocycles. The van der Waals surface area contributed by atoms with Crippen molar-refractivity contribution in [2.24, 2.45) is 0 Å². The first-order chi connectivity index (χ1) is 13.9. The standard InChI is InChI=1S/2C15H18/c1-11-5-6-13-10-14(15(2,3)4)8-7-12(13)9-11;1-11-5-6-12-7-8-14(15(2,3)4)10-13(12)9-11/h2*5-10H,1-4H3. The number of fused-ring (bicyclic) bond motifs is 2. The molecule has 0 saturated carbocycles. The third kappa shape index (κ3) is 5.30. The Kier molecular flexibility index (Phi) is 6.09. The fraction of sp³-hybridized carbons (Fsp3) is 0.333. The molecule has 0 N–H and O–H groups in total. The monoisotopic (exact) mass is 396 g/mol. The second-order valence-corrected chi connectivity index (χ2v) is 10.6. The highest BCUT2D eigenvalue weighted by Crippen LogP contribution is 2.27. The predicted molar refractivity (Wildman–Crippen MR) is 135 cm³/mol. The molecule has 0 radical (unpaired) electrons. The summed E-state index contributed by atoms with van der Waals surface area (Å²) in [5, 5.41) is 5.35. The van der Waals surface area contributed by atoms with Gasteiger partial charge in [-0.3, -0.25) is 0 Å². The molecule has 0 nitrogen and oxygen atoms in total. The van der Waals surface area contributed by atoms with Crippen LogP contribution in [0.5, 0.6) is 0 Å². The highest BCUT2D eigenvalue weighted by molar-refractivity contribution is 5.84. The molecule has 156 valence electrons. The Balaban J connectivity index is 0.000000171. The van der Waals surface area contributed by atoms with Crippen LogP contribution in [0.15, 0.2) is 72.8 Å². The van der Waals surface area contributed by atoms with Gasteiger partial charge in [0, 0.05) is 0 Å². The topological polar surface area (TPSA) is 0 Å². The molecular weight excluding hydrogens is 360 g/mol. The third-order valence-corrected chi connectivity index (χ3v) is 5.72. The highest BCUT2D eigenvalue weighted by atomic mass is 14.2. The van der Waals surface area contributed by atoms with Crippen LogP contribution in [-0.2, 0) is 10.8 Å². The predicted octanol–water partition coefficient (Wildman–Crippen LogP) is 8.89. The minimum absolute atomic E-state index is 0.234. The maximum absolute atomic E-state index is 2.31. The molecule has 0 aliphatic heterocycles. The summed E-state index contributed by atoms with van der Waals surface area (Å²) < 4.78 is 0. The van der Waals surface area contributed by atoms with Crippen LogP contribution in [0, 0.1) is 13.8 Å². The van der Waals surface area contributed by atoms with Gasteiger partial charge < -0.3 is 0 Å². The van der Waals surface area contributed by atoms with Crippen LogP contribution in [0.4, 0.5) is 0 Å². The van der Waals surface area contributed by atoms with Gasteiger partial charge in [-0.25, -0.2) is 0 Å². The fourth-order valence-corrected chi connectivity index (χ4v) is 3.66. The summed E-state index contributed by atoms with van der Waals surface area (Å²) >= 11 is 0. The van der Waals surface area contributed by atoms with Crippen LogP contribution >= 0.6 is 0 Å². The Morgan fingerprint density at radius 1 is 0.400 bits per heavy atom. The lowest BCUT2D eigenvalue weighted by molar-refractivity contribution is 0.591. The number of hydrogen-bond acceptors (Lipinski definition) is 0. The van der Waals surface area contributed by atoms with E-state index in [1.165, 1.54) is 43.8 Å². The Morgan fingerprint density at radius 3 is 1.30 bits per heavy atom. The van der Waals surface area contributed by atoms with Crippen molar-refractivity contribution in [3.8, 4) is 0 Å². The Morgan fingerprint density at radius 2 is 0.767 bits per heavy atom. The lowest BCUT2D eigenvalue weighted by Crippen LogP contribution is -2.10. The van der Waals surface area contributed by atoms with Crippen molar-refractivity contribution in [1.29, 1.82) is 0 Å². The lowest BCUT2D eigenvalue weighted by atomic mass is 9.86. The summed E-state index contributed by atoms with van der Waals surface area (Å²) in [6, 6.07) is 26.8. The molecule has 0 aromatic heterocycles. The quantitative estimate of drug-likeness (QED) is 0.278. The average molecular weight is 397 g/mol. The number of benzene rings is 4. The molecule has 0 heteroatoms. The highest BCUT2D eigenvalue weighted by Gasteiger charge is 2.14. The zero-order valence-electron chi connectivity index (χ0n) is 19.9. The smallest absolute Gasteiger partial charge is 0.0132 e. The SMILES string of the molecule is Cc1ccc2cc(C(C)(C)C)ccc2c1.Cc1ccc2ccc(C(C)(C)C)cc2c1. The van der Waals surface area contributed by atoms with Gasteiger partial charge in [-0.15, -0.1) is 0 Å². The molecule has 30 heavy (non-hydrogen) atoms. The van der Waals surface area contributed by atoms with Gasteiger partial charge in [-0.05, 0) is 57.3 Å². The summed E-state index contributed by atoms with van der Waals surface area (Å²) in [6.45, 7) is 17.8. The minimum atomic E-state index is 0.234. The van der Waals surface area contributed by atoms with E-state index in [9.17, 15) is 0 Å². The van der Waals surface area contributed by atoms with Crippen molar-refractivity contribution in [1.82, 2.24) is 0 Å². The van der Waals surface area contributed by atoms with Gasteiger partial charge in [0.2, 0.25) is 0 Å². The molecule has 4 rings (SSSR count). The van der Waals surface area contributed by atoms with Gasteiger partial charge in [0.1, 0.15) is 0 Å². The van der Waals surface area contributed by atoms with Crippen LogP contribution in [0.1, 0.15) is 63.8 Å². The first-order valence-electron chi connectivity index (χ1n) is 11.0. The first kappa shape index (κ1) is 22.1. The molecule has 0 aliphatic rings. The summed E-state index contributed by atoms with van der Waals surface area (Å²) in [5.41, 5.74) is 5.93. The van der Waals surface area contributed by atoms with E-state index in [4.69, 9.17) is 0 Å². The average Bonchev–Trinajstić information content (AvgIpc) is 2.66. The van der Waals surface area contributed by atoms with Crippen molar-refractivity contribution in [2.75, 3.05) is 0 Å². The number of aryl methyl sites for hydroxylation is 2. The van der Waals surface area contributed by atoms with Crippen molar-refractivity contribution < 1.29 is 0 Å². The van der Waals surface area contributed by atoms with Crippen molar-refractivity contribution >= 4 is 21.5 Å². The second kappa shape index (κ2) is 8.26. The zero-order chi connectivity index (χ0) is 22.1. The van der Waals surface area contributed by atoms with Gasteiger partial charge >= 0.3 is 0 Å². The molecule has 4 aromatic carbocycles. The van der Waals surface area contributed by atoms with E-state index in [1.807, 2.05) is 0 Å². The molecule has 0 aliphatic carbocycles. The first-order valence-corrected chi connectivity index (χ1v) is 11.0. The summed E-state index contributed by atoms with van der Waals surface area (Å²) in [7, 11) is 0. The zero-order valence-corrected chi connectivity index (χ0v) is 19.9. The largest absolute Gasteiger partial charge is 0.0587 e. The van der Waals surface area contributed by atoms with Gasteiger partial charge in [0.25, 0.3) is 0 Å². The number of rotatable bonds is 0. The molecule has 0 amide bonds. The molecule has 0 atom stereocenters. The van der Waals surface area contributed by atoms with Crippen molar-refractivity contribution in [2.45, 2.75) is 66.2 Å². The molecule has 4 aromatic rings. The van der Waals surface area contributed by atoms with E-state index >= 15 is 0 Å². The maximum atomic E-state index is 2.31. The molecule has 0 unspecified atom stereocenters. The molecule has 0 bridgehead atoms. The third-order valence-electron chi connectivity index (χ3n) is 5.72. The van der Waals surface area contributed by atoms with Crippen LogP contribution in [-0.4, -0.2) is 0 Å². The van der Waals surface area contributed by atoms with E-state index < -0.39 is 0 Å². The number of hydrogen-bond donors (Lipinski definition) is 0. The molecule has 0 saturated heterocycles. The fourth-order valence-electron chi connectivity index (χ4n) is 3.66. The van der Waals surface area contributed by atoms with E-state index in [0.717, 1.165) is 0 Å². The Labute approximate surface area is 183 Å². The van der Waals surface area contributed by atoms with Crippen LogP contribution in [0.2, 0.25) is 0 Å². The van der Waals surface area contributed by atoms with Crippen LogP contribution < -0.4 is 0 Å². The minimum Gasteiger partial charge on any atom is -0.0587 e. The molecular formula is C30H36. The second-order valence-electron chi connectivity index (χ2n) is 10.6. The van der Waals surface area contributed by atoms with Gasteiger partial charge in [-0.2, -0.15) is 0 Å². The van der Waals surface area contributed by atoms with Crippen molar-refractivity contribution in [3.63, 3.8) is 0 Å². The Hall–Kier alpha value is -2.60. The van der Waals surface area contributed by atoms with Gasteiger partial charge in [-0.1, -0.05) is 125 Å². The van der Waals surface area contributed by atoms with E-state index in [1.54, 1.807) is 0 Å². The van der Waals surface area contributed by atoms with E-state index in [0.29, 0.717) is 0 Å². The maximum Gasteiger partial charge on any atom is -0.0132 e. The van der Waals surface area contributed by atoms with Gasteiger partial charge in [0.05, 0.1) is 0 Å². The normalized spacial score (nSPS) is 12.0. The van der Waals surface area contributed by atoms with E-state index in [2.05, 4.69) is 128 Å². The van der Waals surface area contributed by atoms with Crippen LogP contribution in [0.25, 0.3) is 21.5 Å². The van der Waals surface area contributed by atoms with Gasteiger partial charge in [0.15, 0.2) is 0 Å². The van der Waals surface area contributed by atoms with E-state index in [-0.39, 0.29) is 10.8 Å². The molecule has 0 spiro atoms. The Bertz CT molecular complexity index is 1160. The van der Waals surface area contributed by atoms with Crippen LogP contribution in [0.3, 0.4) is 0 Å². The van der Waals surface area contributed by atoms with Crippen molar-refractivity contribution in [3.05, 3.63) is 95.1 Å². The summed E-state index contributed by atoms with van der Waals surface area (Å²) in [4.78, 5) is 0.